The Bertz CT molecular complexity index is 944. The molecular weight excluding hydrogens is 400 g/mol. The maximum atomic E-state index is 12.8. The summed E-state index contributed by atoms with van der Waals surface area (Å²) in [6.07, 6.45) is 2.62. The summed E-state index contributed by atoms with van der Waals surface area (Å²) in [5.41, 5.74) is 0.506. The number of carbonyl (C=O) groups is 3. The van der Waals surface area contributed by atoms with Crippen LogP contribution in [-0.4, -0.2) is 77.9 Å². The van der Waals surface area contributed by atoms with Gasteiger partial charge in [0.1, 0.15) is 6.61 Å². The van der Waals surface area contributed by atoms with Crippen molar-refractivity contribution in [3.8, 4) is 11.5 Å². The molecule has 162 valence electrons. The second-order valence-corrected chi connectivity index (χ2v) is 7.31. The van der Waals surface area contributed by atoms with Gasteiger partial charge in [0.25, 0.3) is 11.8 Å². The molecule has 0 unspecified atom stereocenters. The summed E-state index contributed by atoms with van der Waals surface area (Å²) < 4.78 is 11.4. The summed E-state index contributed by atoms with van der Waals surface area (Å²) in [7, 11) is 0. The molecule has 9 nitrogen and oxygen atoms in total. The van der Waals surface area contributed by atoms with Crippen LogP contribution < -0.4 is 14.8 Å². The second-order valence-electron chi connectivity index (χ2n) is 7.31. The van der Waals surface area contributed by atoms with Crippen molar-refractivity contribution in [2.45, 2.75) is 12.5 Å². The van der Waals surface area contributed by atoms with Gasteiger partial charge in [-0.2, -0.15) is 0 Å². The van der Waals surface area contributed by atoms with Crippen LogP contribution in [-0.2, 0) is 9.59 Å². The van der Waals surface area contributed by atoms with Crippen molar-refractivity contribution >= 4 is 17.7 Å². The van der Waals surface area contributed by atoms with E-state index in [2.05, 4.69) is 10.3 Å². The number of nitrogens with one attached hydrogen (secondary N) is 1. The number of aromatic nitrogens is 1. The van der Waals surface area contributed by atoms with E-state index in [0.717, 1.165) is 0 Å². The third-order valence-electron chi connectivity index (χ3n) is 5.30. The lowest BCUT2D eigenvalue weighted by Crippen LogP contribution is -2.55. The van der Waals surface area contributed by atoms with Crippen molar-refractivity contribution in [1.29, 1.82) is 0 Å². The van der Waals surface area contributed by atoms with Crippen LogP contribution in [0.25, 0.3) is 0 Å². The molecule has 1 fully saturated rings. The predicted octanol–water partition coefficient (Wildman–Crippen LogP) is 0.712. The number of hydrogen-bond donors (Lipinski definition) is 1. The lowest BCUT2D eigenvalue weighted by Gasteiger charge is -2.37. The van der Waals surface area contributed by atoms with E-state index in [4.69, 9.17) is 9.47 Å². The Morgan fingerprint density at radius 2 is 1.65 bits per heavy atom. The van der Waals surface area contributed by atoms with Gasteiger partial charge in [-0.15, -0.1) is 0 Å². The van der Waals surface area contributed by atoms with Gasteiger partial charge in [0.15, 0.2) is 11.5 Å². The van der Waals surface area contributed by atoms with Crippen LogP contribution in [0.4, 0.5) is 0 Å². The quantitative estimate of drug-likeness (QED) is 0.759. The maximum Gasteiger partial charge on any atom is 0.267 e. The average Bonchev–Trinajstić information content (AvgIpc) is 2.83. The van der Waals surface area contributed by atoms with Gasteiger partial charge in [0.2, 0.25) is 12.0 Å². The standard InChI is InChI=1S/C22H24N4O5/c27-20(7-10-24-21(28)16-5-8-23-9-6-16)25-11-13-26(14-12-25)22(29)19-15-30-17-3-1-2-4-18(17)31-19/h1-6,8-9,19H,7,10-15H2,(H,24,28)/t19-/m1/s1. The van der Waals surface area contributed by atoms with Gasteiger partial charge in [0.05, 0.1) is 0 Å². The Balaban J connectivity index is 1.20. The van der Waals surface area contributed by atoms with E-state index in [0.29, 0.717) is 43.2 Å². The highest BCUT2D eigenvalue weighted by atomic mass is 16.6. The molecular formula is C22H24N4O5. The highest BCUT2D eigenvalue weighted by Crippen LogP contribution is 2.31. The minimum atomic E-state index is -0.680. The largest absolute Gasteiger partial charge is 0.485 e. The second kappa shape index (κ2) is 9.46. The molecule has 2 aliphatic heterocycles. The smallest absolute Gasteiger partial charge is 0.267 e. The summed E-state index contributed by atoms with van der Waals surface area (Å²) in [5, 5.41) is 2.74. The average molecular weight is 424 g/mol. The molecule has 0 bridgehead atoms. The molecule has 1 atom stereocenters. The summed E-state index contributed by atoms with van der Waals surface area (Å²) in [4.78, 5) is 44.5. The normalized spacial score (nSPS) is 17.7. The van der Waals surface area contributed by atoms with Gasteiger partial charge < -0.3 is 24.6 Å². The SMILES string of the molecule is O=C(NCCC(=O)N1CCN(C(=O)[C@H]2COc3ccccc3O2)CC1)c1ccncc1. The number of para-hydroxylation sites is 2. The Kier molecular flexibility index (Phi) is 6.30. The molecule has 2 aliphatic rings. The van der Waals surface area contributed by atoms with Crippen molar-refractivity contribution in [3.63, 3.8) is 0 Å². The molecule has 0 aliphatic carbocycles. The first-order chi connectivity index (χ1) is 15.1. The van der Waals surface area contributed by atoms with Crippen molar-refractivity contribution in [1.82, 2.24) is 20.1 Å². The third-order valence-corrected chi connectivity index (χ3v) is 5.30. The Hall–Kier alpha value is -3.62. The summed E-state index contributed by atoms with van der Waals surface area (Å²) >= 11 is 0. The molecule has 3 amide bonds. The van der Waals surface area contributed by atoms with E-state index in [1.807, 2.05) is 12.1 Å². The van der Waals surface area contributed by atoms with Crippen LogP contribution in [0, 0.1) is 0 Å². The molecule has 9 heteroatoms. The zero-order chi connectivity index (χ0) is 21.6. The molecule has 0 radical (unpaired) electrons. The number of pyridine rings is 1. The fourth-order valence-electron chi connectivity index (χ4n) is 3.57. The molecule has 31 heavy (non-hydrogen) atoms. The zero-order valence-corrected chi connectivity index (χ0v) is 17.0. The summed E-state index contributed by atoms with van der Waals surface area (Å²) in [6.45, 7) is 2.21. The van der Waals surface area contributed by atoms with Crippen LogP contribution in [0.2, 0.25) is 0 Å². The number of carbonyl (C=O) groups excluding carboxylic acids is 3. The van der Waals surface area contributed by atoms with Crippen LogP contribution in [0.1, 0.15) is 16.8 Å². The molecule has 4 rings (SSSR count). The Morgan fingerprint density at radius 3 is 2.39 bits per heavy atom. The van der Waals surface area contributed by atoms with Crippen molar-refractivity contribution in [2.24, 2.45) is 0 Å². The number of ether oxygens (including phenoxy) is 2. The van der Waals surface area contributed by atoms with Gasteiger partial charge >= 0.3 is 0 Å². The first-order valence-corrected chi connectivity index (χ1v) is 10.2. The van der Waals surface area contributed by atoms with Crippen molar-refractivity contribution in [3.05, 3.63) is 54.4 Å². The number of hydrogen-bond acceptors (Lipinski definition) is 6. The van der Waals surface area contributed by atoms with Gasteiger partial charge in [-0.1, -0.05) is 12.1 Å². The molecule has 1 N–H and O–H groups in total. The minimum absolute atomic E-state index is 0.0479. The molecule has 1 saturated heterocycles. The van der Waals surface area contributed by atoms with E-state index in [1.165, 1.54) is 0 Å². The van der Waals surface area contributed by atoms with Crippen LogP contribution >= 0.6 is 0 Å². The van der Waals surface area contributed by atoms with E-state index in [-0.39, 0.29) is 37.3 Å². The summed E-state index contributed by atoms with van der Waals surface area (Å²) in [6, 6.07) is 10.5. The fourth-order valence-corrected chi connectivity index (χ4v) is 3.57. The molecule has 0 saturated carbocycles. The van der Waals surface area contributed by atoms with Crippen molar-refractivity contribution < 1.29 is 23.9 Å². The minimum Gasteiger partial charge on any atom is -0.485 e. The van der Waals surface area contributed by atoms with Crippen LogP contribution in [0.3, 0.4) is 0 Å². The fraction of sp³-hybridized carbons (Fsp3) is 0.364. The molecule has 0 spiro atoms. The third kappa shape index (κ3) is 4.93. The molecule has 1 aromatic heterocycles. The van der Waals surface area contributed by atoms with E-state index >= 15 is 0 Å². The van der Waals surface area contributed by atoms with E-state index < -0.39 is 6.10 Å². The number of piperazine rings is 1. The first-order valence-electron chi connectivity index (χ1n) is 10.2. The lowest BCUT2D eigenvalue weighted by molar-refractivity contribution is -0.146. The number of benzene rings is 1. The molecule has 2 aromatic rings. The predicted molar refractivity (Wildman–Crippen MR) is 111 cm³/mol. The lowest BCUT2D eigenvalue weighted by atomic mass is 10.2. The highest BCUT2D eigenvalue weighted by molar-refractivity contribution is 5.94. The van der Waals surface area contributed by atoms with Crippen LogP contribution in [0.15, 0.2) is 48.8 Å². The van der Waals surface area contributed by atoms with E-state index in [9.17, 15) is 14.4 Å². The number of nitrogens with zero attached hydrogens (tertiary/aromatic N) is 3. The Labute approximate surface area is 179 Å². The highest BCUT2D eigenvalue weighted by Gasteiger charge is 2.33. The summed E-state index contributed by atoms with van der Waals surface area (Å²) in [5.74, 6) is 0.786. The zero-order valence-electron chi connectivity index (χ0n) is 17.0. The first kappa shape index (κ1) is 20.6. The van der Waals surface area contributed by atoms with Crippen LogP contribution in [0.5, 0.6) is 11.5 Å². The maximum absolute atomic E-state index is 12.8. The number of rotatable bonds is 5. The van der Waals surface area contributed by atoms with Crippen molar-refractivity contribution in [2.75, 3.05) is 39.3 Å². The van der Waals surface area contributed by atoms with E-state index in [1.54, 1.807) is 46.5 Å². The number of fused-ring (bicyclic) bond motifs is 1. The molecule has 3 heterocycles. The van der Waals surface area contributed by atoms with Gasteiger partial charge in [-0.25, -0.2) is 0 Å². The monoisotopic (exact) mass is 424 g/mol. The Morgan fingerprint density at radius 1 is 0.968 bits per heavy atom. The van der Waals surface area contributed by atoms with Gasteiger partial charge in [-0.05, 0) is 24.3 Å². The topological polar surface area (TPSA) is 101 Å². The van der Waals surface area contributed by atoms with Gasteiger partial charge in [-0.3, -0.25) is 19.4 Å². The van der Waals surface area contributed by atoms with Gasteiger partial charge in [0, 0.05) is 57.1 Å². The molecule has 1 aromatic carbocycles. The number of amides is 3.